The Kier molecular flexibility index (Phi) is 23.6. The highest BCUT2D eigenvalue weighted by Gasteiger charge is 2.31. The molecule has 27 rings (SSSR count). The van der Waals surface area contributed by atoms with Crippen LogP contribution in [0.2, 0.25) is 0 Å². The second-order valence-corrected chi connectivity index (χ2v) is 37.5. The van der Waals surface area contributed by atoms with Crippen molar-refractivity contribution in [2.45, 2.75) is 19.3 Å². The minimum Gasteiger partial charge on any atom is -0.310 e. The standard InChI is InChI=1S/C51H36N2.C47H34N2.C41H30N2/c1-3-16-44(17-4-1)52(47-29-24-36-12-7-8-14-39(36)35-47)46-27-22-37(23-28-46)40-25-30-50-42(32-40)34-43-33-41(49-21-11-15-38-13-9-10-20-48(38)49)26-31-51(43)53(50)45-18-5-2-6-19-45;1-4-12-34(13-5-1)38-23-28-46-40(30-38)32-41-31-39(24-29-47(41)49(46)43-18-8-3-9-19-43)36-20-25-44(26-21-36)48(42-16-6-2-7-17-42)45-27-22-35-14-10-11-15-37(35)33-45;1-3-14-36(15-4-1)42(39-25-21-30-11-7-8-12-32(30)29-39)38-23-19-31(20-24-38)33-22-26-41-35(27-33)28-34-13-9-10-18-40(34)43(41)37-16-5-2-6-17-37/h1-33,35H,34H2;1-31,33H,32H2;1-27,29H,28H2. The Bertz CT molecular complexity index is 8820. The monoisotopic (exact) mass is 1850 g/mol. The molecule has 24 aromatic rings. The number of fused-ring (bicyclic) bond motifs is 10. The lowest BCUT2D eigenvalue weighted by molar-refractivity contribution is 1.09. The summed E-state index contributed by atoms with van der Waals surface area (Å²) in [5.41, 5.74) is 41.4. The fraction of sp³-hybridized carbons (Fsp3) is 0.0216. The van der Waals surface area contributed by atoms with Gasteiger partial charge in [-0.3, -0.25) is 0 Å². The van der Waals surface area contributed by atoms with Gasteiger partial charge < -0.3 is 29.4 Å². The molecule has 0 amide bonds. The van der Waals surface area contributed by atoms with Crippen molar-refractivity contribution in [3.05, 3.63) is 604 Å². The Labute approximate surface area is 847 Å². The second-order valence-electron chi connectivity index (χ2n) is 37.5. The van der Waals surface area contributed by atoms with Crippen LogP contribution in [0.3, 0.4) is 0 Å². The van der Waals surface area contributed by atoms with E-state index >= 15 is 0 Å². The van der Waals surface area contributed by atoms with Crippen LogP contribution in [0.15, 0.2) is 570 Å². The van der Waals surface area contributed by atoms with Gasteiger partial charge in [0.05, 0.1) is 0 Å². The molecule has 24 aromatic carbocycles. The van der Waals surface area contributed by atoms with Crippen molar-refractivity contribution in [2.24, 2.45) is 0 Å². The summed E-state index contributed by atoms with van der Waals surface area (Å²) in [6.45, 7) is 0. The number of benzene rings is 24. The molecule has 0 aromatic heterocycles. The Morgan fingerprint density at radius 3 is 0.717 bits per heavy atom. The first kappa shape index (κ1) is 87.6. The quantitative estimate of drug-likeness (QED) is 0.0899. The molecule has 145 heavy (non-hydrogen) atoms. The van der Waals surface area contributed by atoms with Gasteiger partial charge in [0, 0.05) is 122 Å². The van der Waals surface area contributed by atoms with E-state index in [1.165, 1.54) is 183 Å². The summed E-state index contributed by atoms with van der Waals surface area (Å²) in [5, 5.41) is 9.97. The first-order valence-electron chi connectivity index (χ1n) is 50.0. The average Bonchev–Trinajstić information content (AvgIpc) is 0.759. The van der Waals surface area contributed by atoms with E-state index in [1.54, 1.807) is 0 Å². The molecule has 6 nitrogen and oxygen atoms in total. The molecule has 6 heteroatoms. The maximum atomic E-state index is 2.43. The predicted octanol–water partition coefficient (Wildman–Crippen LogP) is 38.5. The van der Waals surface area contributed by atoms with Crippen LogP contribution in [0.1, 0.15) is 33.4 Å². The van der Waals surface area contributed by atoms with Crippen molar-refractivity contribution in [2.75, 3.05) is 29.4 Å². The highest BCUT2D eigenvalue weighted by molar-refractivity contribution is 6.00. The van der Waals surface area contributed by atoms with Crippen molar-refractivity contribution in [1.82, 2.24) is 0 Å². The minimum atomic E-state index is 0.863. The highest BCUT2D eigenvalue weighted by Crippen LogP contribution is 2.52. The lowest BCUT2D eigenvalue weighted by Crippen LogP contribution is -2.18. The van der Waals surface area contributed by atoms with Gasteiger partial charge in [-0.05, 0) is 344 Å². The van der Waals surface area contributed by atoms with Gasteiger partial charge >= 0.3 is 0 Å². The molecule has 0 atom stereocenters. The summed E-state index contributed by atoms with van der Waals surface area (Å²) in [6, 6.07) is 206. The van der Waals surface area contributed by atoms with Crippen LogP contribution in [0.4, 0.5) is 102 Å². The first-order chi connectivity index (χ1) is 71.9. The SMILES string of the molecule is c1ccc(-c2ccc3c(c2)Cc2cc(-c4ccc(N(c5ccccc5)c5ccc6ccccc6c5)cc4)ccc2N3c2ccccc2)cc1.c1ccc(N(c2ccc(-c3ccc4c(c3)Cc3cc(-c5cccc6ccccc56)ccc3N4c3ccccc3)cc2)c2ccc3ccccc3c2)cc1.c1ccc(N(c2ccc(-c3ccc4c(c3)Cc3ccccc3N4c3ccccc3)cc2)c2ccc3ccccc3c2)cc1. The van der Waals surface area contributed by atoms with E-state index in [0.29, 0.717) is 0 Å². The molecule has 686 valence electrons. The van der Waals surface area contributed by atoms with Crippen molar-refractivity contribution < 1.29 is 0 Å². The van der Waals surface area contributed by atoms with Crippen molar-refractivity contribution in [1.29, 1.82) is 0 Å². The van der Waals surface area contributed by atoms with Crippen LogP contribution in [0.25, 0.3) is 98.7 Å². The smallest absolute Gasteiger partial charge is 0.0497 e. The van der Waals surface area contributed by atoms with E-state index in [-0.39, 0.29) is 0 Å². The molecule has 3 aliphatic heterocycles. The molecular weight excluding hydrogens is 1750 g/mol. The Morgan fingerprint density at radius 1 is 0.131 bits per heavy atom. The van der Waals surface area contributed by atoms with Gasteiger partial charge in [-0.15, -0.1) is 0 Å². The fourth-order valence-corrected chi connectivity index (χ4v) is 21.6. The lowest BCUT2D eigenvalue weighted by Gasteiger charge is -2.34. The largest absolute Gasteiger partial charge is 0.310 e. The molecule has 0 unspecified atom stereocenters. The van der Waals surface area contributed by atoms with Crippen molar-refractivity contribution in [3.63, 3.8) is 0 Å². The second kappa shape index (κ2) is 39.1. The average molecular weight is 1850 g/mol. The summed E-state index contributed by atoms with van der Waals surface area (Å²) < 4.78 is 0. The third kappa shape index (κ3) is 17.6. The maximum Gasteiger partial charge on any atom is 0.0497 e. The van der Waals surface area contributed by atoms with E-state index in [9.17, 15) is 0 Å². The molecule has 0 saturated carbocycles. The van der Waals surface area contributed by atoms with Gasteiger partial charge in [0.1, 0.15) is 0 Å². The predicted molar refractivity (Wildman–Crippen MR) is 613 cm³/mol. The topological polar surface area (TPSA) is 19.4 Å². The van der Waals surface area contributed by atoms with Crippen LogP contribution in [-0.2, 0) is 19.3 Å². The Hall–Kier alpha value is -18.9. The normalized spacial score (nSPS) is 12.0. The van der Waals surface area contributed by atoms with Gasteiger partial charge in [0.2, 0.25) is 0 Å². The number of rotatable bonds is 17. The van der Waals surface area contributed by atoms with E-state index in [0.717, 1.165) is 70.4 Å². The van der Waals surface area contributed by atoms with E-state index < -0.39 is 0 Å². The zero-order valence-corrected chi connectivity index (χ0v) is 80.1. The molecular formula is C139H100N6. The molecule has 0 radical (unpaired) electrons. The Balaban J connectivity index is 0.000000114. The highest BCUT2D eigenvalue weighted by atomic mass is 15.2. The van der Waals surface area contributed by atoms with E-state index in [2.05, 4.69) is 600 Å². The molecule has 3 aliphatic rings. The van der Waals surface area contributed by atoms with Crippen LogP contribution in [-0.4, -0.2) is 0 Å². The van der Waals surface area contributed by atoms with Crippen molar-refractivity contribution >= 4 is 145 Å². The maximum absolute atomic E-state index is 2.43. The lowest BCUT2D eigenvalue weighted by atomic mass is 9.89. The Morgan fingerprint density at radius 2 is 0.366 bits per heavy atom. The molecule has 0 saturated heterocycles. The van der Waals surface area contributed by atoms with Gasteiger partial charge in [0.15, 0.2) is 0 Å². The summed E-state index contributed by atoms with van der Waals surface area (Å²) in [7, 11) is 0. The van der Waals surface area contributed by atoms with Gasteiger partial charge in [0.25, 0.3) is 0 Å². The summed E-state index contributed by atoms with van der Waals surface area (Å²) in [4.78, 5) is 14.2. The third-order valence-corrected chi connectivity index (χ3v) is 28.6. The fourth-order valence-electron chi connectivity index (χ4n) is 21.6. The van der Waals surface area contributed by atoms with Crippen LogP contribution in [0, 0.1) is 0 Å². The minimum absolute atomic E-state index is 0.863. The summed E-state index contributed by atoms with van der Waals surface area (Å²) in [5.74, 6) is 0. The van der Waals surface area contributed by atoms with Gasteiger partial charge in [-0.2, -0.15) is 0 Å². The number of anilines is 18. The van der Waals surface area contributed by atoms with E-state index in [4.69, 9.17) is 0 Å². The molecule has 0 spiro atoms. The van der Waals surface area contributed by atoms with Gasteiger partial charge in [-0.1, -0.05) is 358 Å². The molecule has 0 fully saturated rings. The number of nitrogens with zero attached hydrogens (tertiary/aromatic N) is 6. The number of hydrogen-bond acceptors (Lipinski definition) is 6. The van der Waals surface area contributed by atoms with Crippen LogP contribution < -0.4 is 29.4 Å². The van der Waals surface area contributed by atoms with Crippen molar-refractivity contribution in [3.8, 4) is 55.6 Å². The van der Waals surface area contributed by atoms with E-state index in [1.807, 2.05) is 0 Å². The molecule has 0 aliphatic carbocycles. The summed E-state index contributed by atoms with van der Waals surface area (Å²) in [6.07, 6.45) is 2.66. The number of para-hydroxylation sites is 7. The summed E-state index contributed by atoms with van der Waals surface area (Å²) >= 11 is 0. The zero-order valence-electron chi connectivity index (χ0n) is 80.1. The molecule has 3 heterocycles. The first-order valence-corrected chi connectivity index (χ1v) is 50.0. The number of hydrogen-bond donors (Lipinski definition) is 0. The zero-order chi connectivity index (χ0) is 96.3. The molecule has 0 bridgehead atoms. The van der Waals surface area contributed by atoms with Crippen LogP contribution >= 0.6 is 0 Å². The van der Waals surface area contributed by atoms with Gasteiger partial charge in [-0.25, -0.2) is 0 Å². The molecule has 0 N–H and O–H groups in total. The van der Waals surface area contributed by atoms with Crippen LogP contribution in [0.5, 0.6) is 0 Å². The third-order valence-electron chi connectivity index (χ3n) is 28.6.